The van der Waals surface area contributed by atoms with Gasteiger partial charge in [-0.3, -0.25) is 0 Å². The number of aromatic carboxylic acids is 1. The second-order valence-electron chi connectivity index (χ2n) is 4.03. The molecule has 0 saturated heterocycles. The number of carboxylic acids is 1. The first kappa shape index (κ1) is 12.6. The van der Waals surface area contributed by atoms with Crippen LogP contribution in [0.5, 0.6) is 0 Å². The zero-order valence-electron chi connectivity index (χ0n) is 10.2. The van der Waals surface area contributed by atoms with E-state index >= 15 is 0 Å². The summed E-state index contributed by atoms with van der Waals surface area (Å²) in [6, 6.07) is 1.65. The minimum absolute atomic E-state index is 0.139. The summed E-state index contributed by atoms with van der Waals surface area (Å²) >= 11 is 6.06. The molecule has 0 amide bonds. The molecule has 18 heavy (non-hydrogen) atoms. The maximum atomic E-state index is 11.3. The lowest BCUT2D eigenvalue weighted by molar-refractivity contribution is 0.0695. The number of hydrogen-bond acceptors (Lipinski definition) is 3. The lowest BCUT2D eigenvalue weighted by Gasteiger charge is -2.09. The van der Waals surface area contributed by atoms with Crippen molar-refractivity contribution in [1.29, 1.82) is 0 Å². The molecular weight excluding hydrogens is 254 g/mol. The summed E-state index contributed by atoms with van der Waals surface area (Å²) in [5, 5.41) is 14.0. The predicted molar refractivity (Wildman–Crippen MR) is 67.5 cm³/mol. The molecule has 0 saturated carbocycles. The summed E-state index contributed by atoms with van der Waals surface area (Å²) in [7, 11) is 0. The fourth-order valence-electron chi connectivity index (χ4n) is 1.80. The summed E-state index contributed by atoms with van der Waals surface area (Å²) in [4.78, 5) is 15.4. The van der Waals surface area contributed by atoms with Gasteiger partial charge in [-0.15, -0.1) is 0 Å². The zero-order valence-corrected chi connectivity index (χ0v) is 11.0. The molecule has 0 aliphatic heterocycles. The fraction of sp³-hybridized carbons (Fsp3) is 0.250. The van der Waals surface area contributed by atoms with Crippen molar-refractivity contribution in [3.63, 3.8) is 0 Å². The quantitative estimate of drug-likeness (QED) is 0.906. The van der Waals surface area contributed by atoms with Crippen molar-refractivity contribution in [3.05, 3.63) is 39.8 Å². The summed E-state index contributed by atoms with van der Waals surface area (Å²) in [5.41, 5.74) is 2.10. The van der Waals surface area contributed by atoms with E-state index in [0.717, 1.165) is 0 Å². The van der Waals surface area contributed by atoms with Gasteiger partial charge in [0.1, 0.15) is 5.56 Å². The number of carbonyl (C=O) groups is 1. The number of aromatic nitrogens is 3. The van der Waals surface area contributed by atoms with Gasteiger partial charge in [-0.1, -0.05) is 11.6 Å². The van der Waals surface area contributed by atoms with E-state index in [-0.39, 0.29) is 11.4 Å². The second kappa shape index (κ2) is 4.42. The van der Waals surface area contributed by atoms with Gasteiger partial charge in [0.15, 0.2) is 5.82 Å². The Bertz CT molecular complexity index is 634. The van der Waals surface area contributed by atoms with Crippen molar-refractivity contribution in [2.24, 2.45) is 0 Å². The van der Waals surface area contributed by atoms with Crippen LogP contribution in [-0.2, 0) is 0 Å². The highest BCUT2D eigenvalue weighted by atomic mass is 35.5. The van der Waals surface area contributed by atoms with Crippen LogP contribution in [0.1, 0.15) is 27.3 Å². The van der Waals surface area contributed by atoms with Crippen LogP contribution in [0.4, 0.5) is 0 Å². The monoisotopic (exact) mass is 265 g/mol. The molecule has 0 atom stereocenters. The zero-order chi connectivity index (χ0) is 13.4. The van der Waals surface area contributed by atoms with Crippen LogP contribution in [0.2, 0.25) is 5.02 Å². The topological polar surface area (TPSA) is 68.0 Å². The van der Waals surface area contributed by atoms with Crippen molar-refractivity contribution in [1.82, 2.24) is 14.8 Å². The van der Waals surface area contributed by atoms with Gasteiger partial charge < -0.3 is 5.11 Å². The van der Waals surface area contributed by atoms with Crippen LogP contribution in [0.25, 0.3) is 5.82 Å². The molecule has 5 nitrogen and oxygen atoms in total. The van der Waals surface area contributed by atoms with E-state index in [1.165, 1.54) is 4.68 Å². The molecule has 0 bridgehead atoms. The third kappa shape index (κ3) is 1.86. The molecule has 0 radical (unpaired) electrons. The minimum Gasteiger partial charge on any atom is -0.478 e. The Balaban J connectivity index is 2.75. The molecule has 2 aromatic rings. The number of pyridine rings is 1. The largest absolute Gasteiger partial charge is 0.478 e. The van der Waals surface area contributed by atoms with E-state index in [1.807, 2.05) is 0 Å². The summed E-state index contributed by atoms with van der Waals surface area (Å²) in [6.45, 7) is 5.27. The molecule has 1 N–H and O–H groups in total. The van der Waals surface area contributed by atoms with Crippen LogP contribution in [0, 0.1) is 20.8 Å². The third-order valence-electron chi connectivity index (χ3n) is 2.76. The first-order chi connectivity index (χ1) is 8.43. The maximum absolute atomic E-state index is 11.3. The van der Waals surface area contributed by atoms with Crippen molar-refractivity contribution < 1.29 is 9.90 Å². The number of rotatable bonds is 2. The van der Waals surface area contributed by atoms with Gasteiger partial charge in [-0.2, -0.15) is 5.10 Å². The summed E-state index contributed by atoms with van der Waals surface area (Å²) in [6.07, 6.45) is 1.56. The second-order valence-corrected chi connectivity index (χ2v) is 4.41. The summed E-state index contributed by atoms with van der Waals surface area (Å²) < 4.78 is 1.47. The average Bonchev–Trinajstić information content (AvgIpc) is 2.56. The molecule has 0 spiro atoms. The molecule has 2 aromatic heterocycles. The van der Waals surface area contributed by atoms with Crippen LogP contribution < -0.4 is 0 Å². The van der Waals surface area contributed by atoms with Gasteiger partial charge in [0, 0.05) is 6.20 Å². The van der Waals surface area contributed by atoms with E-state index in [4.69, 9.17) is 11.6 Å². The standard InChI is InChI=1S/C12H12ClN3O2/c1-6-4-5-14-11(9(6)12(17)18)16-8(3)10(13)7(2)15-16/h4-5H,1-3H3,(H,17,18). The molecular formula is C12H12ClN3O2. The number of halogens is 1. The van der Waals surface area contributed by atoms with Gasteiger partial charge in [-0.25, -0.2) is 14.5 Å². The van der Waals surface area contributed by atoms with E-state index in [9.17, 15) is 9.90 Å². The van der Waals surface area contributed by atoms with Gasteiger partial charge in [0.25, 0.3) is 0 Å². The lowest BCUT2D eigenvalue weighted by Crippen LogP contribution is -2.12. The van der Waals surface area contributed by atoms with Crippen molar-refractivity contribution in [3.8, 4) is 5.82 Å². The predicted octanol–water partition coefficient (Wildman–Crippen LogP) is 2.54. The molecule has 0 aliphatic rings. The van der Waals surface area contributed by atoms with Crippen molar-refractivity contribution in [2.75, 3.05) is 0 Å². The van der Waals surface area contributed by atoms with Crippen LogP contribution in [0.3, 0.4) is 0 Å². The first-order valence-corrected chi connectivity index (χ1v) is 5.72. The van der Waals surface area contributed by atoms with E-state index in [0.29, 0.717) is 22.0 Å². The molecule has 2 rings (SSSR count). The third-order valence-corrected chi connectivity index (χ3v) is 3.30. The Kier molecular flexibility index (Phi) is 3.09. The van der Waals surface area contributed by atoms with Crippen molar-refractivity contribution in [2.45, 2.75) is 20.8 Å². The molecule has 0 fully saturated rings. The molecule has 2 heterocycles. The number of hydrogen-bond donors (Lipinski definition) is 1. The number of aryl methyl sites for hydroxylation is 2. The van der Waals surface area contributed by atoms with Crippen LogP contribution in [-0.4, -0.2) is 25.8 Å². The lowest BCUT2D eigenvalue weighted by atomic mass is 10.1. The molecule has 0 aliphatic carbocycles. The highest BCUT2D eigenvalue weighted by molar-refractivity contribution is 6.31. The smallest absolute Gasteiger partial charge is 0.339 e. The van der Waals surface area contributed by atoms with Crippen LogP contribution in [0.15, 0.2) is 12.3 Å². The molecule has 6 heteroatoms. The Morgan fingerprint density at radius 2 is 2.06 bits per heavy atom. The highest BCUT2D eigenvalue weighted by Crippen LogP contribution is 2.24. The van der Waals surface area contributed by atoms with E-state index in [2.05, 4.69) is 10.1 Å². The SMILES string of the molecule is Cc1ccnc(-n2nc(C)c(Cl)c2C)c1C(=O)O. The van der Waals surface area contributed by atoms with E-state index < -0.39 is 5.97 Å². The minimum atomic E-state index is -1.03. The Hall–Kier alpha value is -1.88. The van der Waals surface area contributed by atoms with Gasteiger partial charge in [0.05, 0.1) is 16.4 Å². The Labute approximate surface area is 109 Å². The Morgan fingerprint density at radius 1 is 1.39 bits per heavy atom. The van der Waals surface area contributed by atoms with E-state index in [1.54, 1.807) is 33.0 Å². The van der Waals surface area contributed by atoms with Gasteiger partial charge in [0.2, 0.25) is 0 Å². The maximum Gasteiger partial charge on any atom is 0.339 e. The fourth-order valence-corrected chi connectivity index (χ4v) is 1.92. The van der Waals surface area contributed by atoms with Crippen molar-refractivity contribution >= 4 is 17.6 Å². The number of carboxylic acid groups (broad SMARTS) is 1. The Morgan fingerprint density at radius 3 is 2.56 bits per heavy atom. The highest BCUT2D eigenvalue weighted by Gasteiger charge is 2.19. The van der Waals surface area contributed by atoms with Gasteiger partial charge in [-0.05, 0) is 32.4 Å². The first-order valence-electron chi connectivity index (χ1n) is 5.34. The molecule has 0 unspecified atom stereocenters. The van der Waals surface area contributed by atoms with Gasteiger partial charge >= 0.3 is 5.97 Å². The number of nitrogens with zero attached hydrogens (tertiary/aromatic N) is 3. The van der Waals surface area contributed by atoms with Crippen LogP contribution >= 0.6 is 11.6 Å². The molecule has 0 aromatic carbocycles. The average molecular weight is 266 g/mol. The normalized spacial score (nSPS) is 10.7. The summed E-state index contributed by atoms with van der Waals surface area (Å²) in [5.74, 6) is -0.741. The molecule has 94 valence electrons.